The molecule has 1 heterocycles. The van der Waals surface area contributed by atoms with Crippen LogP contribution in [-0.2, 0) is 0 Å². The van der Waals surface area contributed by atoms with Gasteiger partial charge < -0.3 is 15.1 Å². The number of nitrogens with zero attached hydrogens (tertiary/aromatic N) is 3. The molecule has 2 aromatic carbocycles. The van der Waals surface area contributed by atoms with Crippen molar-refractivity contribution in [2.24, 2.45) is 0 Å². The summed E-state index contributed by atoms with van der Waals surface area (Å²) in [6, 6.07) is 12.1. The molecule has 8 nitrogen and oxygen atoms in total. The van der Waals surface area contributed by atoms with Crippen LogP contribution in [0.5, 0.6) is 0 Å². The predicted molar refractivity (Wildman–Crippen MR) is 101 cm³/mol. The van der Waals surface area contributed by atoms with E-state index in [2.05, 4.69) is 10.2 Å². The first-order valence-electron chi connectivity index (χ1n) is 8.58. The second-order valence-electron chi connectivity index (χ2n) is 6.43. The lowest BCUT2D eigenvalue weighted by atomic mass is 10.1. The van der Waals surface area contributed by atoms with E-state index in [1.54, 1.807) is 29.2 Å². The van der Waals surface area contributed by atoms with Gasteiger partial charge in [0.05, 0.1) is 4.92 Å². The number of anilines is 1. The molecule has 3 rings (SSSR count). The number of nitro benzene ring substituents is 1. The molecule has 1 N–H and O–H groups in total. The highest BCUT2D eigenvalue weighted by atomic mass is 16.6. The first-order chi connectivity index (χ1) is 12.9. The lowest BCUT2D eigenvalue weighted by molar-refractivity contribution is -0.384. The van der Waals surface area contributed by atoms with E-state index < -0.39 is 10.8 Å². The van der Waals surface area contributed by atoms with Gasteiger partial charge in [-0.15, -0.1) is 0 Å². The minimum Gasteiger partial charge on any atom is -0.336 e. The van der Waals surface area contributed by atoms with E-state index in [0.717, 1.165) is 13.1 Å². The lowest BCUT2D eigenvalue weighted by Gasteiger charge is -2.32. The monoisotopic (exact) mass is 368 g/mol. The first-order valence-corrected chi connectivity index (χ1v) is 8.58. The van der Waals surface area contributed by atoms with E-state index in [0.29, 0.717) is 29.9 Å². The van der Waals surface area contributed by atoms with E-state index in [4.69, 9.17) is 0 Å². The van der Waals surface area contributed by atoms with Gasteiger partial charge in [0.15, 0.2) is 0 Å². The summed E-state index contributed by atoms with van der Waals surface area (Å²) in [6.45, 7) is 3.02. The zero-order valence-corrected chi connectivity index (χ0v) is 14.9. The Morgan fingerprint density at radius 2 is 1.67 bits per heavy atom. The third-order valence-electron chi connectivity index (χ3n) is 4.50. The van der Waals surface area contributed by atoms with Crippen molar-refractivity contribution in [3.05, 3.63) is 69.8 Å². The van der Waals surface area contributed by atoms with Gasteiger partial charge in [-0.3, -0.25) is 19.7 Å². The van der Waals surface area contributed by atoms with Gasteiger partial charge in [0.1, 0.15) is 0 Å². The number of piperazine rings is 1. The number of nitro groups is 1. The fourth-order valence-electron chi connectivity index (χ4n) is 2.86. The van der Waals surface area contributed by atoms with Crippen molar-refractivity contribution >= 4 is 23.2 Å². The average Bonchev–Trinajstić information content (AvgIpc) is 2.68. The fraction of sp³-hybridized carbons (Fsp3) is 0.263. The molecule has 2 amide bonds. The Hall–Kier alpha value is -3.26. The van der Waals surface area contributed by atoms with E-state index in [1.165, 1.54) is 24.3 Å². The molecular weight excluding hydrogens is 348 g/mol. The Bertz CT molecular complexity index is 858. The van der Waals surface area contributed by atoms with Crippen LogP contribution in [0.2, 0.25) is 0 Å². The molecule has 8 heteroatoms. The summed E-state index contributed by atoms with van der Waals surface area (Å²) in [5.41, 5.74) is 1.24. The number of hydrogen-bond acceptors (Lipinski definition) is 5. The van der Waals surface area contributed by atoms with Crippen LogP contribution in [0.3, 0.4) is 0 Å². The van der Waals surface area contributed by atoms with Crippen molar-refractivity contribution in [3.8, 4) is 0 Å². The molecule has 1 aliphatic rings. The third kappa shape index (κ3) is 4.48. The number of carbonyl (C=O) groups is 2. The van der Waals surface area contributed by atoms with Crippen LogP contribution in [0.15, 0.2) is 48.5 Å². The topological polar surface area (TPSA) is 95.8 Å². The van der Waals surface area contributed by atoms with Crippen molar-refractivity contribution in [2.45, 2.75) is 0 Å². The summed E-state index contributed by atoms with van der Waals surface area (Å²) in [6.07, 6.45) is 0. The average molecular weight is 368 g/mol. The Kier molecular flexibility index (Phi) is 5.46. The number of hydrogen-bond donors (Lipinski definition) is 1. The highest BCUT2D eigenvalue weighted by molar-refractivity contribution is 6.05. The van der Waals surface area contributed by atoms with E-state index in [1.807, 2.05) is 7.05 Å². The molecule has 0 unspecified atom stereocenters. The zero-order chi connectivity index (χ0) is 19.4. The highest BCUT2D eigenvalue weighted by Crippen LogP contribution is 2.17. The number of amides is 2. The fourth-order valence-corrected chi connectivity index (χ4v) is 2.86. The van der Waals surface area contributed by atoms with Crippen LogP contribution in [0.1, 0.15) is 20.7 Å². The Labute approximate surface area is 156 Å². The van der Waals surface area contributed by atoms with Gasteiger partial charge >= 0.3 is 0 Å². The summed E-state index contributed by atoms with van der Waals surface area (Å²) >= 11 is 0. The number of non-ortho nitro benzene ring substituents is 1. The molecule has 0 saturated carbocycles. The highest BCUT2D eigenvalue weighted by Gasteiger charge is 2.20. The number of nitrogens with one attached hydrogen (secondary N) is 1. The molecule has 2 aromatic rings. The number of benzene rings is 2. The lowest BCUT2D eigenvalue weighted by Crippen LogP contribution is -2.47. The molecule has 27 heavy (non-hydrogen) atoms. The smallest absolute Gasteiger partial charge is 0.269 e. The minimum absolute atomic E-state index is 0.0606. The van der Waals surface area contributed by atoms with Crippen molar-refractivity contribution in [2.75, 3.05) is 38.5 Å². The molecule has 1 saturated heterocycles. The third-order valence-corrected chi connectivity index (χ3v) is 4.50. The number of carbonyl (C=O) groups excluding carboxylic acids is 2. The Morgan fingerprint density at radius 3 is 2.30 bits per heavy atom. The number of likely N-dealkylation sites (N-methyl/N-ethyl adjacent to an activating group) is 1. The standard InChI is InChI=1S/C19H20N4O4/c1-21-9-11-22(12-10-21)19(25)15-3-2-4-16(13-15)20-18(24)14-5-7-17(8-6-14)23(26)27/h2-8,13H,9-12H2,1H3,(H,20,24). The van der Waals surface area contributed by atoms with Crippen LogP contribution in [0, 0.1) is 10.1 Å². The van der Waals surface area contributed by atoms with E-state index in [9.17, 15) is 19.7 Å². The van der Waals surface area contributed by atoms with E-state index in [-0.39, 0.29) is 11.6 Å². The van der Waals surface area contributed by atoms with Crippen molar-refractivity contribution in [1.29, 1.82) is 0 Å². The van der Waals surface area contributed by atoms with Gasteiger partial charge in [-0.2, -0.15) is 0 Å². The van der Waals surface area contributed by atoms with Crippen LogP contribution in [0.25, 0.3) is 0 Å². The van der Waals surface area contributed by atoms with Gasteiger partial charge in [-0.1, -0.05) is 6.07 Å². The Balaban J connectivity index is 1.69. The maximum Gasteiger partial charge on any atom is 0.269 e. The maximum atomic E-state index is 12.6. The minimum atomic E-state index is -0.519. The van der Waals surface area contributed by atoms with Gasteiger partial charge in [-0.05, 0) is 37.4 Å². The molecule has 1 aliphatic heterocycles. The molecule has 0 bridgehead atoms. The van der Waals surface area contributed by atoms with Crippen LogP contribution < -0.4 is 5.32 Å². The van der Waals surface area contributed by atoms with Crippen molar-refractivity contribution in [1.82, 2.24) is 9.80 Å². The second-order valence-corrected chi connectivity index (χ2v) is 6.43. The van der Waals surface area contributed by atoms with E-state index >= 15 is 0 Å². The predicted octanol–water partition coefficient (Wildman–Crippen LogP) is 2.23. The largest absolute Gasteiger partial charge is 0.336 e. The van der Waals surface area contributed by atoms with Crippen LogP contribution in [0.4, 0.5) is 11.4 Å². The second kappa shape index (κ2) is 7.96. The molecule has 0 aliphatic carbocycles. The molecule has 0 radical (unpaired) electrons. The molecule has 0 spiro atoms. The summed E-state index contributed by atoms with van der Waals surface area (Å²) in [7, 11) is 2.02. The summed E-state index contributed by atoms with van der Waals surface area (Å²) in [5, 5.41) is 13.4. The molecule has 0 aromatic heterocycles. The maximum absolute atomic E-state index is 12.6. The van der Waals surface area contributed by atoms with Crippen LogP contribution in [-0.4, -0.2) is 59.8 Å². The SMILES string of the molecule is CN1CCN(C(=O)c2cccc(NC(=O)c3ccc([N+](=O)[O-])cc3)c2)CC1. The Morgan fingerprint density at radius 1 is 1.00 bits per heavy atom. The zero-order valence-electron chi connectivity index (χ0n) is 14.9. The quantitative estimate of drug-likeness (QED) is 0.659. The van der Waals surface area contributed by atoms with Crippen molar-refractivity contribution < 1.29 is 14.5 Å². The number of rotatable bonds is 4. The molecule has 140 valence electrons. The van der Waals surface area contributed by atoms with Gasteiger partial charge in [0.25, 0.3) is 17.5 Å². The molecule has 1 fully saturated rings. The van der Waals surface area contributed by atoms with Crippen LogP contribution >= 0.6 is 0 Å². The van der Waals surface area contributed by atoms with Gasteiger partial charge in [-0.25, -0.2) is 0 Å². The normalized spacial score (nSPS) is 14.6. The van der Waals surface area contributed by atoms with Gasteiger partial charge in [0, 0.05) is 55.1 Å². The summed E-state index contributed by atoms with van der Waals surface area (Å²) in [4.78, 5) is 39.1. The van der Waals surface area contributed by atoms with Gasteiger partial charge in [0.2, 0.25) is 0 Å². The summed E-state index contributed by atoms with van der Waals surface area (Å²) in [5.74, 6) is -0.455. The first kappa shape index (κ1) is 18.5. The molecular formula is C19H20N4O4. The summed E-state index contributed by atoms with van der Waals surface area (Å²) < 4.78 is 0. The van der Waals surface area contributed by atoms with Crippen molar-refractivity contribution in [3.63, 3.8) is 0 Å². The molecule has 0 atom stereocenters.